The Labute approximate surface area is 127 Å². The molecule has 104 valence electrons. The number of benzene rings is 1. The first kappa shape index (κ1) is 14.8. The monoisotopic (exact) mass is 345 g/mol. The van der Waals surface area contributed by atoms with Crippen LogP contribution in [0.1, 0.15) is 23.2 Å². The topological polar surface area (TPSA) is 29.5 Å². The standard InChI is InChI=1S/C14H17BrClNO2/c1-17(8-10-3-2-6-19-9-10)14(18)12-7-11(16)4-5-13(12)15/h4-5,7,10H,2-3,6,8-9H2,1H3. The Balaban J connectivity index is 2.03. The Hall–Kier alpha value is -0.580. The second-order valence-corrected chi connectivity index (χ2v) is 6.18. The summed E-state index contributed by atoms with van der Waals surface area (Å²) in [6.07, 6.45) is 2.20. The van der Waals surface area contributed by atoms with E-state index in [1.54, 1.807) is 23.1 Å². The van der Waals surface area contributed by atoms with E-state index in [1.165, 1.54) is 0 Å². The number of hydrogen-bond acceptors (Lipinski definition) is 2. The highest BCUT2D eigenvalue weighted by molar-refractivity contribution is 9.10. The van der Waals surface area contributed by atoms with E-state index >= 15 is 0 Å². The quantitative estimate of drug-likeness (QED) is 0.837. The SMILES string of the molecule is CN(CC1CCCOC1)C(=O)c1cc(Cl)ccc1Br. The molecule has 1 amide bonds. The van der Waals surface area contributed by atoms with E-state index in [-0.39, 0.29) is 5.91 Å². The molecule has 0 aliphatic carbocycles. The summed E-state index contributed by atoms with van der Waals surface area (Å²) in [5.74, 6) is 0.417. The number of ether oxygens (including phenoxy) is 1. The fraction of sp³-hybridized carbons (Fsp3) is 0.500. The van der Waals surface area contributed by atoms with Crippen LogP contribution in [0.25, 0.3) is 0 Å². The van der Waals surface area contributed by atoms with E-state index < -0.39 is 0 Å². The molecule has 1 unspecified atom stereocenters. The molecule has 1 aliphatic rings. The van der Waals surface area contributed by atoms with Crippen molar-refractivity contribution in [1.29, 1.82) is 0 Å². The van der Waals surface area contributed by atoms with Gasteiger partial charge in [0.1, 0.15) is 0 Å². The molecule has 1 aliphatic heterocycles. The van der Waals surface area contributed by atoms with Gasteiger partial charge in [-0.05, 0) is 52.9 Å². The summed E-state index contributed by atoms with van der Waals surface area (Å²) in [6, 6.07) is 5.26. The molecule has 1 aromatic carbocycles. The van der Waals surface area contributed by atoms with E-state index in [0.29, 0.717) is 16.5 Å². The highest BCUT2D eigenvalue weighted by Crippen LogP contribution is 2.23. The van der Waals surface area contributed by atoms with Gasteiger partial charge in [-0.3, -0.25) is 4.79 Å². The lowest BCUT2D eigenvalue weighted by Gasteiger charge is -2.27. The van der Waals surface area contributed by atoms with Crippen molar-refractivity contribution in [3.63, 3.8) is 0 Å². The van der Waals surface area contributed by atoms with Crippen molar-refractivity contribution in [2.75, 3.05) is 26.8 Å². The van der Waals surface area contributed by atoms with Crippen LogP contribution in [0.3, 0.4) is 0 Å². The third kappa shape index (κ3) is 3.94. The summed E-state index contributed by atoms with van der Waals surface area (Å²) in [7, 11) is 1.82. The van der Waals surface area contributed by atoms with Gasteiger partial charge in [-0.2, -0.15) is 0 Å². The molecule has 1 fully saturated rings. The number of halogens is 2. The zero-order valence-corrected chi connectivity index (χ0v) is 13.2. The summed E-state index contributed by atoms with van der Waals surface area (Å²) in [4.78, 5) is 14.1. The summed E-state index contributed by atoms with van der Waals surface area (Å²) in [6.45, 7) is 2.31. The molecule has 1 atom stereocenters. The van der Waals surface area contributed by atoms with Crippen molar-refractivity contribution in [2.24, 2.45) is 5.92 Å². The van der Waals surface area contributed by atoms with E-state index in [9.17, 15) is 4.79 Å². The molecule has 0 N–H and O–H groups in total. The lowest BCUT2D eigenvalue weighted by molar-refractivity contribution is 0.0388. The average Bonchev–Trinajstić information content (AvgIpc) is 2.42. The molecule has 0 spiro atoms. The van der Waals surface area contributed by atoms with Crippen LogP contribution in [0.15, 0.2) is 22.7 Å². The molecule has 0 radical (unpaired) electrons. The van der Waals surface area contributed by atoms with Crippen LogP contribution in [0, 0.1) is 5.92 Å². The lowest BCUT2D eigenvalue weighted by atomic mass is 10.0. The van der Waals surface area contributed by atoms with Gasteiger partial charge >= 0.3 is 0 Å². The van der Waals surface area contributed by atoms with Gasteiger partial charge in [0.25, 0.3) is 5.91 Å². The van der Waals surface area contributed by atoms with Crippen molar-refractivity contribution in [3.8, 4) is 0 Å². The van der Waals surface area contributed by atoms with E-state index in [2.05, 4.69) is 15.9 Å². The maximum absolute atomic E-state index is 12.4. The normalized spacial score (nSPS) is 19.2. The number of hydrogen-bond donors (Lipinski definition) is 0. The van der Waals surface area contributed by atoms with E-state index in [1.807, 2.05) is 7.05 Å². The van der Waals surface area contributed by atoms with Crippen molar-refractivity contribution in [1.82, 2.24) is 4.90 Å². The molecular formula is C14H17BrClNO2. The van der Waals surface area contributed by atoms with Crippen molar-refractivity contribution in [2.45, 2.75) is 12.8 Å². The smallest absolute Gasteiger partial charge is 0.254 e. The number of nitrogens with zero attached hydrogens (tertiary/aromatic N) is 1. The molecule has 5 heteroatoms. The highest BCUT2D eigenvalue weighted by atomic mass is 79.9. The number of carbonyl (C=O) groups is 1. The van der Waals surface area contributed by atoms with E-state index in [0.717, 1.165) is 37.1 Å². The predicted molar refractivity (Wildman–Crippen MR) is 79.7 cm³/mol. The summed E-state index contributed by atoms with van der Waals surface area (Å²) in [5.41, 5.74) is 0.603. The molecule has 19 heavy (non-hydrogen) atoms. The van der Waals surface area contributed by atoms with Crippen LogP contribution in [0.5, 0.6) is 0 Å². The number of carbonyl (C=O) groups excluding carboxylic acids is 1. The van der Waals surface area contributed by atoms with Gasteiger partial charge in [0, 0.05) is 29.7 Å². The number of amides is 1. The first-order chi connectivity index (χ1) is 9.08. The Morgan fingerprint density at radius 2 is 2.37 bits per heavy atom. The zero-order chi connectivity index (χ0) is 13.8. The molecular weight excluding hydrogens is 330 g/mol. The fourth-order valence-corrected chi connectivity index (χ4v) is 2.88. The maximum Gasteiger partial charge on any atom is 0.254 e. The van der Waals surface area contributed by atoms with Crippen LogP contribution >= 0.6 is 27.5 Å². The number of rotatable bonds is 3. The summed E-state index contributed by atoms with van der Waals surface area (Å²) >= 11 is 9.34. The minimum atomic E-state index is -0.0139. The molecule has 2 rings (SSSR count). The van der Waals surface area contributed by atoms with Gasteiger partial charge in [0.05, 0.1) is 12.2 Å². The van der Waals surface area contributed by atoms with Crippen LogP contribution in [-0.2, 0) is 4.74 Å². The van der Waals surface area contributed by atoms with Gasteiger partial charge in [-0.1, -0.05) is 11.6 Å². The van der Waals surface area contributed by atoms with Gasteiger partial charge < -0.3 is 9.64 Å². The van der Waals surface area contributed by atoms with Gasteiger partial charge in [0.15, 0.2) is 0 Å². The third-order valence-electron chi connectivity index (χ3n) is 3.29. The third-order valence-corrected chi connectivity index (χ3v) is 4.22. The minimum absolute atomic E-state index is 0.0139. The molecule has 0 aromatic heterocycles. The first-order valence-electron chi connectivity index (χ1n) is 6.36. The Morgan fingerprint density at radius 1 is 1.58 bits per heavy atom. The van der Waals surface area contributed by atoms with Crippen LogP contribution in [0.2, 0.25) is 5.02 Å². The summed E-state index contributed by atoms with van der Waals surface area (Å²) in [5, 5.41) is 0.570. The molecule has 3 nitrogen and oxygen atoms in total. The second-order valence-electron chi connectivity index (χ2n) is 4.89. The Kier molecular flexibility index (Phi) is 5.25. The fourth-order valence-electron chi connectivity index (χ4n) is 2.29. The maximum atomic E-state index is 12.4. The van der Waals surface area contributed by atoms with Crippen molar-refractivity contribution < 1.29 is 9.53 Å². The second kappa shape index (κ2) is 6.73. The minimum Gasteiger partial charge on any atom is -0.381 e. The van der Waals surface area contributed by atoms with E-state index in [4.69, 9.17) is 16.3 Å². The molecule has 0 saturated carbocycles. The van der Waals surface area contributed by atoms with Gasteiger partial charge in [-0.25, -0.2) is 0 Å². The van der Waals surface area contributed by atoms with Crippen LogP contribution in [-0.4, -0.2) is 37.6 Å². The zero-order valence-electron chi connectivity index (χ0n) is 10.9. The lowest BCUT2D eigenvalue weighted by Crippen LogP contribution is -2.35. The first-order valence-corrected chi connectivity index (χ1v) is 7.53. The largest absolute Gasteiger partial charge is 0.381 e. The van der Waals surface area contributed by atoms with Crippen LogP contribution in [0.4, 0.5) is 0 Å². The molecule has 1 aromatic rings. The average molecular weight is 347 g/mol. The van der Waals surface area contributed by atoms with Gasteiger partial charge in [-0.15, -0.1) is 0 Å². The van der Waals surface area contributed by atoms with Crippen molar-refractivity contribution in [3.05, 3.63) is 33.3 Å². The van der Waals surface area contributed by atoms with Gasteiger partial charge in [0.2, 0.25) is 0 Å². The Morgan fingerprint density at radius 3 is 3.05 bits per heavy atom. The predicted octanol–water partition coefficient (Wildman–Crippen LogP) is 3.60. The summed E-state index contributed by atoms with van der Waals surface area (Å²) < 4.78 is 6.21. The van der Waals surface area contributed by atoms with Crippen LogP contribution < -0.4 is 0 Å². The van der Waals surface area contributed by atoms with Crippen molar-refractivity contribution >= 4 is 33.4 Å². The highest BCUT2D eigenvalue weighted by Gasteiger charge is 2.21. The Bertz CT molecular complexity index is 461. The molecule has 0 bridgehead atoms. The molecule has 1 saturated heterocycles. The molecule has 1 heterocycles.